The predicted molar refractivity (Wildman–Crippen MR) is 117 cm³/mol. The second-order valence-electron chi connectivity index (χ2n) is 7.11. The molecule has 0 unspecified atom stereocenters. The molecule has 148 valence electrons. The van der Waals surface area contributed by atoms with Gasteiger partial charge in [-0.3, -0.25) is 14.6 Å². The summed E-state index contributed by atoms with van der Waals surface area (Å²) in [6, 6.07) is 18.7. The van der Waals surface area contributed by atoms with Crippen LogP contribution >= 0.6 is 0 Å². The van der Waals surface area contributed by atoms with Crippen molar-refractivity contribution in [1.29, 1.82) is 0 Å². The Morgan fingerprint density at radius 1 is 0.931 bits per heavy atom. The van der Waals surface area contributed by atoms with Gasteiger partial charge in [-0.25, -0.2) is 0 Å². The van der Waals surface area contributed by atoms with E-state index in [1.165, 1.54) is 5.56 Å². The van der Waals surface area contributed by atoms with Crippen molar-refractivity contribution in [1.82, 2.24) is 4.98 Å². The lowest BCUT2D eigenvalue weighted by atomic mass is 10.0. The lowest BCUT2D eigenvalue weighted by molar-refractivity contribution is -0.115. The summed E-state index contributed by atoms with van der Waals surface area (Å²) in [6.07, 6.45) is 2.07. The SMILES string of the molecule is CCC(=O)Nc1cccnc1-c1ccc(C(=O)Nc2ccc(C(C)C)cc2)cc1. The van der Waals surface area contributed by atoms with Gasteiger partial charge in [-0.2, -0.15) is 0 Å². The Labute approximate surface area is 171 Å². The summed E-state index contributed by atoms with van der Waals surface area (Å²) in [6.45, 7) is 6.07. The molecule has 5 heteroatoms. The molecular formula is C24H25N3O2. The van der Waals surface area contributed by atoms with E-state index in [9.17, 15) is 9.59 Å². The van der Waals surface area contributed by atoms with Gasteiger partial charge >= 0.3 is 0 Å². The number of hydrogen-bond donors (Lipinski definition) is 2. The molecule has 0 fully saturated rings. The molecule has 0 saturated heterocycles. The third-order valence-corrected chi connectivity index (χ3v) is 4.66. The van der Waals surface area contributed by atoms with Crippen molar-refractivity contribution in [3.05, 3.63) is 78.0 Å². The molecule has 1 heterocycles. The summed E-state index contributed by atoms with van der Waals surface area (Å²) in [4.78, 5) is 28.7. The molecule has 0 bridgehead atoms. The maximum absolute atomic E-state index is 12.5. The summed E-state index contributed by atoms with van der Waals surface area (Å²) in [5.74, 6) is 0.207. The number of benzene rings is 2. The Morgan fingerprint density at radius 3 is 2.24 bits per heavy atom. The zero-order valence-electron chi connectivity index (χ0n) is 16.9. The highest BCUT2D eigenvalue weighted by atomic mass is 16.2. The minimum absolute atomic E-state index is 0.0706. The molecule has 0 radical (unpaired) electrons. The van der Waals surface area contributed by atoms with Gasteiger partial charge in [0.05, 0.1) is 11.4 Å². The summed E-state index contributed by atoms with van der Waals surface area (Å²) in [5.41, 5.74) is 4.70. The van der Waals surface area contributed by atoms with Gasteiger partial charge in [0.2, 0.25) is 5.91 Å². The van der Waals surface area contributed by atoms with Crippen LogP contribution in [0.25, 0.3) is 11.3 Å². The van der Waals surface area contributed by atoms with E-state index >= 15 is 0 Å². The second-order valence-corrected chi connectivity index (χ2v) is 7.11. The molecule has 0 spiro atoms. The molecule has 5 nitrogen and oxygen atoms in total. The van der Waals surface area contributed by atoms with Crippen molar-refractivity contribution in [3.63, 3.8) is 0 Å². The lowest BCUT2D eigenvalue weighted by Crippen LogP contribution is -2.12. The molecule has 2 N–H and O–H groups in total. The van der Waals surface area contributed by atoms with E-state index in [1.807, 2.05) is 42.5 Å². The minimum atomic E-state index is -0.172. The van der Waals surface area contributed by atoms with Gasteiger partial charge in [0.25, 0.3) is 5.91 Å². The monoisotopic (exact) mass is 387 g/mol. The molecule has 0 aliphatic carbocycles. The van der Waals surface area contributed by atoms with Crippen LogP contribution in [-0.2, 0) is 4.79 Å². The Bertz CT molecular complexity index is 993. The normalized spacial score (nSPS) is 10.6. The number of carbonyl (C=O) groups excluding carboxylic acids is 2. The van der Waals surface area contributed by atoms with Crippen molar-refractivity contribution in [2.45, 2.75) is 33.1 Å². The van der Waals surface area contributed by atoms with E-state index in [-0.39, 0.29) is 11.8 Å². The van der Waals surface area contributed by atoms with Gasteiger partial charge in [0.15, 0.2) is 0 Å². The van der Waals surface area contributed by atoms with Gasteiger partial charge in [-0.15, -0.1) is 0 Å². The van der Waals surface area contributed by atoms with Crippen LogP contribution in [0.15, 0.2) is 66.9 Å². The highest BCUT2D eigenvalue weighted by Gasteiger charge is 2.11. The Kier molecular flexibility index (Phi) is 6.39. The van der Waals surface area contributed by atoms with E-state index < -0.39 is 0 Å². The fraction of sp³-hybridized carbons (Fsp3) is 0.208. The fourth-order valence-electron chi connectivity index (χ4n) is 2.91. The quantitative estimate of drug-likeness (QED) is 0.589. The lowest BCUT2D eigenvalue weighted by Gasteiger charge is -2.11. The first kappa shape index (κ1) is 20.3. The molecule has 0 aliphatic rings. The molecule has 3 aromatic rings. The molecule has 0 atom stereocenters. The maximum Gasteiger partial charge on any atom is 0.255 e. The van der Waals surface area contributed by atoms with Crippen LogP contribution < -0.4 is 10.6 Å². The van der Waals surface area contributed by atoms with Crippen molar-refractivity contribution >= 4 is 23.2 Å². The maximum atomic E-state index is 12.5. The second kappa shape index (κ2) is 9.15. The molecule has 2 aromatic carbocycles. The van der Waals surface area contributed by atoms with Crippen LogP contribution in [0, 0.1) is 0 Å². The van der Waals surface area contributed by atoms with Gasteiger partial charge < -0.3 is 10.6 Å². The highest BCUT2D eigenvalue weighted by molar-refractivity contribution is 6.04. The van der Waals surface area contributed by atoms with Crippen LogP contribution in [0.3, 0.4) is 0 Å². The van der Waals surface area contributed by atoms with E-state index in [0.717, 1.165) is 11.3 Å². The van der Waals surface area contributed by atoms with Crippen LogP contribution in [-0.4, -0.2) is 16.8 Å². The van der Waals surface area contributed by atoms with Crippen LogP contribution in [0.4, 0.5) is 11.4 Å². The minimum Gasteiger partial charge on any atom is -0.324 e. The third-order valence-electron chi connectivity index (χ3n) is 4.66. The predicted octanol–water partition coefficient (Wildman–Crippen LogP) is 5.47. The first-order valence-corrected chi connectivity index (χ1v) is 9.74. The average Bonchev–Trinajstić information content (AvgIpc) is 2.74. The number of pyridine rings is 1. The number of nitrogens with one attached hydrogen (secondary N) is 2. The molecule has 1 aromatic heterocycles. The number of carbonyl (C=O) groups is 2. The summed E-state index contributed by atoms with van der Waals surface area (Å²) in [5, 5.41) is 5.78. The van der Waals surface area contributed by atoms with Gasteiger partial charge in [-0.1, -0.05) is 45.0 Å². The first-order valence-electron chi connectivity index (χ1n) is 9.74. The summed E-state index contributed by atoms with van der Waals surface area (Å²) >= 11 is 0. The highest BCUT2D eigenvalue weighted by Crippen LogP contribution is 2.26. The average molecular weight is 387 g/mol. The number of anilines is 2. The van der Waals surface area contributed by atoms with E-state index in [0.29, 0.717) is 29.3 Å². The summed E-state index contributed by atoms with van der Waals surface area (Å²) in [7, 11) is 0. The number of rotatable bonds is 6. The van der Waals surface area contributed by atoms with Crippen LogP contribution in [0.1, 0.15) is 49.0 Å². The largest absolute Gasteiger partial charge is 0.324 e. The number of hydrogen-bond acceptors (Lipinski definition) is 3. The third kappa shape index (κ3) is 5.08. The van der Waals surface area contributed by atoms with E-state index in [2.05, 4.69) is 29.5 Å². The molecule has 29 heavy (non-hydrogen) atoms. The van der Waals surface area contributed by atoms with Crippen LogP contribution in [0.5, 0.6) is 0 Å². The standard InChI is InChI=1S/C24H25N3O2/c1-4-22(28)27-21-6-5-15-25-23(21)18-7-9-19(10-8-18)24(29)26-20-13-11-17(12-14-20)16(2)3/h5-16H,4H2,1-3H3,(H,26,29)(H,27,28). The van der Waals surface area contributed by atoms with Gasteiger partial charge in [0, 0.05) is 29.4 Å². The topological polar surface area (TPSA) is 71.1 Å². The molecule has 2 amide bonds. The zero-order valence-corrected chi connectivity index (χ0v) is 16.9. The van der Waals surface area contributed by atoms with Crippen LogP contribution in [0.2, 0.25) is 0 Å². The van der Waals surface area contributed by atoms with Crippen molar-refractivity contribution in [2.24, 2.45) is 0 Å². The number of amides is 2. The Hall–Kier alpha value is -3.47. The van der Waals surface area contributed by atoms with Gasteiger partial charge in [-0.05, 0) is 47.9 Å². The first-order chi connectivity index (χ1) is 14.0. The van der Waals surface area contributed by atoms with Crippen molar-refractivity contribution in [2.75, 3.05) is 10.6 Å². The fourth-order valence-corrected chi connectivity index (χ4v) is 2.91. The van der Waals surface area contributed by atoms with Crippen molar-refractivity contribution < 1.29 is 9.59 Å². The van der Waals surface area contributed by atoms with Gasteiger partial charge in [0.1, 0.15) is 0 Å². The molecule has 0 saturated carbocycles. The molecular weight excluding hydrogens is 362 g/mol. The van der Waals surface area contributed by atoms with E-state index in [1.54, 1.807) is 31.3 Å². The number of nitrogens with zero attached hydrogens (tertiary/aromatic N) is 1. The number of aromatic nitrogens is 1. The molecule has 3 rings (SSSR count). The Morgan fingerprint density at radius 2 is 1.62 bits per heavy atom. The molecule has 0 aliphatic heterocycles. The smallest absolute Gasteiger partial charge is 0.255 e. The Balaban J connectivity index is 1.75. The van der Waals surface area contributed by atoms with Crippen molar-refractivity contribution in [3.8, 4) is 11.3 Å². The zero-order chi connectivity index (χ0) is 20.8. The summed E-state index contributed by atoms with van der Waals surface area (Å²) < 4.78 is 0. The van der Waals surface area contributed by atoms with E-state index in [4.69, 9.17) is 0 Å².